The van der Waals surface area contributed by atoms with Gasteiger partial charge in [0, 0.05) is 0 Å². The van der Waals surface area contributed by atoms with E-state index in [0.29, 0.717) is 0 Å². The summed E-state index contributed by atoms with van der Waals surface area (Å²) in [5, 5.41) is 27.0. The lowest BCUT2D eigenvalue weighted by Gasteiger charge is -2.23. The van der Waals surface area contributed by atoms with E-state index in [-0.39, 0.29) is 6.29 Å². The summed E-state index contributed by atoms with van der Waals surface area (Å²) in [5.74, 6) is 0. The Labute approximate surface area is 89.5 Å². The second kappa shape index (κ2) is 6.36. The molecule has 0 amide bonds. The summed E-state index contributed by atoms with van der Waals surface area (Å²) in [7, 11) is -4.84. The monoisotopic (exact) mass is 262 g/mol. The van der Waals surface area contributed by atoms with Crippen LogP contribution in [0, 0.1) is 0 Å². The first kappa shape index (κ1) is 15.6. The Balaban J connectivity index is 4.22. The molecule has 0 aromatic heterocycles. The first-order valence-electron chi connectivity index (χ1n) is 4.02. The molecule has 0 aliphatic heterocycles. The van der Waals surface area contributed by atoms with Crippen LogP contribution in [0.3, 0.4) is 0 Å². The van der Waals surface area contributed by atoms with E-state index in [1.807, 2.05) is 0 Å². The third kappa shape index (κ3) is 5.61. The Morgan fingerprint density at radius 3 is 2.12 bits per heavy atom. The molecular formula is C6H12FO8P. The lowest BCUT2D eigenvalue weighted by atomic mass is 10.1. The Bertz CT molecular complexity index is 267. The molecule has 5 N–H and O–H groups in total. The summed E-state index contributed by atoms with van der Waals surface area (Å²) in [6.45, 7) is -1.02. The minimum absolute atomic E-state index is 0.287. The molecule has 0 aromatic carbocycles. The first-order valence-corrected chi connectivity index (χ1v) is 5.55. The van der Waals surface area contributed by atoms with Crippen molar-refractivity contribution in [2.24, 2.45) is 0 Å². The quantitative estimate of drug-likeness (QED) is 0.255. The van der Waals surface area contributed by atoms with Gasteiger partial charge in [-0.15, -0.1) is 0 Å². The molecule has 0 spiro atoms. The second-order valence-corrected chi connectivity index (χ2v) is 4.15. The van der Waals surface area contributed by atoms with Gasteiger partial charge in [0.1, 0.15) is 18.3 Å². The fraction of sp³-hybridized carbons (Fsp3) is 0.833. The van der Waals surface area contributed by atoms with Gasteiger partial charge >= 0.3 is 7.82 Å². The van der Waals surface area contributed by atoms with E-state index in [4.69, 9.17) is 25.1 Å². The third-order valence-electron chi connectivity index (χ3n) is 1.61. The number of halogens is 1. The SMILES string of the molecule is O=CC(F)C(O)C(O)C(O)COP(=O)(O)O. The zero-order valence-corrected chi connectivity index (χ0v) is 8.77. The van der Waals surface area contributed by atoms with E-state index in [2.05, 4.69) is 4.52 Å². The molecule has 4 unspecified atom stereocenters. The van der Waals surface area contributed by atoms with Gasteiger partial charge in [0.2, 0.25) is 0 Å². The zero-order chi connectivity index (χ0) is 12.9. The van der Waals surface area contributed by atoms with Crippen LogP contribution in [0.1, 0.15) is 0 Å². The van der Waals surface area contributed by atoms with E-state index in [1.165, 1.54) is 0 Å². The Kier molecular flexibility index (Phi) is 6.19. The van der Waals surface area contributed by atoms with Gasteiger partial charge in [-0.2, -0.15) is 0 Å². The van der Waals surface area contributed by atoms with E-state index in [0.717, 1.165) is 0 Å². The van der Waals surface area contributed by atoms with Crippen molar-refractivity contribution in [3.05, 3.63) is 0 Å². The molecule has 0 aromatic rings. The molecule has 0 saturated carbocycles. The van der Waals surface area contributed by atoms with Crippen molar-refractivity contribution in [2.75, 3.05) is 6.61 Å². The van der Waals surface area contributed by atoms with Gasteiger partial charge in [0.15, 0.2) is 12.5 Å². The number of phosphoric acid groups is 1. The summed E-state index contributed by atoms with van der Waals surface area (Å²) in [6.07, 6.45) is -8.95. The van der Waals surface area contributed by atoms with Gasteiger partial charge in [0.25, 0.3) is 0 Å². The highest BCUT2D eigenvalue weighted by atomic mass is 31.2. The number of phosphoric ester groups is 1. The van der Waals surface area contributed by atoms with Crippen molar-refractivity contribution in [3.63, 3.8) is 0 Å². The largest absolute Gasteiger partial charge is 0.469 e. The van der Waals surface area contributed by atoms with E-state index < -0.39 is 38.9 Å². The number of hydrogen-bond acceptors (Lipinski definition) is 6. The number of aliphatic hydroxyl groups excluding tert-OH is 3. The number of carbonyl (C=O) groups excluding carboxylic acids is 1. The summed E-state index contributed by atoms with van der Waals surface area (Å²) in [5.41, 5.74) is 0. The van der Waals surface area contributed by atoms with E-state index in [9.17, 15) is 13.8 Å². The molecule has 16 heavy (non-hydrogen) atoms. The van der Waals surface area contributed by atoms with E-state index in [1.54, 1.807) is 0 Å². The van der Waals surface area contributed by atoms with Crippen LogP contribution in [0.2, 0.25) is 0 Å². The van der Waals surface area contributed by atoms with Crippen molar-refractivity contribution in [2.45, 2.75) is 24.5 Å². The summed E-state index contributed by atoms with van der Waals surface area (Å²) in [4.78, 5) is 26.4. The van der Waals surface area contributed by atoms with Crippen LogP contribution in [0.15, 0.2) is 0 Å². The third-order valence-corrected chi connectivity index (χ3v) is 2.10. The number of hydrogen-bond donors (Lipinski definition) is 5. The molecule has 0 rings (SSSR count). The van der Waals surface area contributed by atoms with Crippen LogP contribution >= 0.6 is 7.82 Å². The minimum Gasteiger partial charge on any atom is -0.388 e. The number of aldehydes is 1. The van der Waals surface area contributed by atoms with Crippen molar-refractivity contribution in [3.8, 4) is 0 Å². The molecule has 0 heterocycles. The topological polar surface area (TPSA) is 145 Å². The van der Waals surface area contributed by atoms with Crippen LogP contribution in [-0.4, -0.2) is 62.5 Å². The van der Waals surface area contributed by atoms with Crippen LogP contribution in [0.4, 0.5) is 4.39 Å². The number of carbonyl (C=O) groups is 1. The number of rotatable bonds is 7. The van der Waals surface area contributed by atoms with Gasteiger partial charge in [-0.25, -0.2) is 8.96 Å². The van der Waals surface area contributed by atoms with Crippen molar-refractivity contribution < 1.29 is 43.4 Å². The number of alkyl halides is 1. The van der Waals surface area contributed by atoms with Gasteiger partial charge in [0.05, 0.1) is 6.61 Å². The molecule has 4 atom stereocenters. The van der Waals surface area contributed by atoms with E-state index >= 15 is 0 Å². The Hall–Kier alpha value is -0.410. The maximum Gasteiger partial charge on any atom is 0.469 e. The van der Waals surface area contributed by atoms with Gasteiger partial charge in [-0.1, -0.05) is 0 Å². The average Bonchev–Trinajstić information content (AvgIpc) is 2.21. The van der Waals surface area contributed by atoms with Gasteiger partial charge in [-0.05, 0) is 0 Å². The summed E-state index contributed by atoms with van der Waals surface area (Å²) >= 11 is 0. The van der Waals surface area contributed by atoms with Crippen LogP contribution in [-0.2, 0) is 13.9 Å². The van der Waals surface area contributed by atoms with Gasteiger partial charge < -0.3 is 29.9 Å². The molecule has 10 heteroatoms. The average molecular weight is 262 g/mol. The van der Waals surface area contributed by atoms with Crippen LogP contribution in [0.5, 0.6) is 0 Å². The maximum atomic E-state index is 12.5. The molecule has 0 aliphatic carbocycles. The Morgan fingerprint density at radius 1 is 1.25 bits per heavy atom. The molecule has 96 valence electrons. The number of aliphatic hydroxyl groups is 3. The van der Waals surface area contributed by atoms with Crippen molar-refractivity contribution in [1.29, 1.82) is 0 Å². The predicted octanol–water partition coefficient (Wildman–Crippen LogP) is -2.28. The fourth-order valence-corrected chi connectivity index (χ4v) is 1.12. The van der Waals surface area contributed by atoms with Crippen LogP contribution < -0.4 is 0 Å². The molecule has 0 radical (unpaired) electrons. The molecule has 0 aliphatic rings. The van der Waals surface area contributed by atoms with Crippen LogP contribution in [0.25, 0.3) is 0 Å². The van der Waals surface area contributed by atoms with Crippen molar-refractivity contribution in [1.82, 2.24) is 0 Å². The highest BCUT2D eigenvalue weighted by Crippen LogP contribution is 2.35. The normalized spacial score (nSPS) is 19.9. The fourth-order valence-electron chi connectivity index (χ4n) is 0.769. The smallest absolute Gasteiger partial charge is 0.388 e. The second-order valence-electron chi connectivity index (χ2n) is 2.92. The highest BCUT2D eigenvalue weighted by molar-refractivity contribution is 7.46. The lowest BCUT2D eigenvalue weighted by molar-refractivity contribution is -0.127. The molecule has 0 bridgehead atoms. The molecule has 0 fully saturated rings. The highest BCUT2D eigenvalue weighted by Gasteiger charge is 2.32. The lowest BCUT2D eigenvalue weighted by Crippen LogP contribution is -2.45. The predicted molar refractivity (Wildman–Crippen MR) is 47.0 cm³/mol. The molecular weight excluding hydrogens is 250 g/mol. The first-order chi connectivity index (χ1) is 7.19. The zero-order valence-electron chi connectivity index (χ0n) is 7.88. The van der Waals surface area contributed by atoms with Crippen molar-refractivity contribution >= 4 is 14.1 Å². The van der Waals surface area contributed by atoms with Gasteiger partial charge in [-0.3, -0.25) is 4.52 Å². The summed E-state index contributed by atoms with van der Waals surface area (Å²) in [6, 6.07) is 0. The standard InChI is InChI=1S/C6H12FO8P/c7-3(1-8)5(10)6(11)4(9)2-15-16(12,13)14/h1,3-6,9-11H,2H2,(H2,12,13,14). The molecule has 0 saturated heterocycles. The Morgan fingerprint density at radius 2 is 1.75 bits per heavy atom. The summed E-state index contributed by atoms with van der Waals surface area (Å²) < 4.78 is 26.5. The minimum atomic E-state index is -4.84. The molecule has 8 nitrogen and oxygen atoms in total. The maximum absolute atomic E-state index is 12.5.